The highest BCUT2D eigenvalue weighted by molar-refractivity contribution is 14.0. The first-order chi connectivity index (χ1) is 13.6. The third-order valence-electron chi connectivity index (χ3n) is 4.04. The summed E-state index contributed by atoms with van der Waals surface area (Å²) in [4.78, 5) is 20.3. The van der Waals surface area contributed by atoms with Crippen molar-refractivity contribution in [3.63, 3.8) is 0 Å². The predicted octanol–water partition coefficient (Wildman–Crippen LogP) is 2.96. The van der Waals surface area contributed by atoms with E-state index in [2.05, 4.69) is 45.4 Å². The predicted molar refractivity (Wildman–Crippen MR) is 134 cm³/mol. The van der Waals surface area contributed by atoms with Gasteiger partial charge in [-0.15, -0.1) is 35.3 Å². The van der Waals surface area contributed by atoms with Gasteiger partial charge in [-0.05, 0) is 56.6 Å². The first-order valence-electron chi connectivity index (χ1n) is 9.65. The number of nitrogens with zero attached hydrogens (tertiary/aromatic N) is 2. The second kappa shape index (κ2) is 14.4. The van der Waals surface area contributed by atoms with E-state index in [1.807, 2.05) is 43.3 Å². The molecule has 1 amide bonds. The monoisotopic (exact) mass is 529 g/mol. The summed E-state index contributed by atoms with van der Waals surface area (Å²) in [6.45, 7) is 5.66. The van der Waals surface area contributed by atoms with Crippen LogP contribution >= 0.6 is 35.3 Å². The van der Waals surface area contributed by atoms with E-state index < -0.39 is 0 Å². The number of nitrogens with one attached hydrogen (secondary N) is 3. The molecular weight excluding hydrogens is 497 g/mol. The van der Waals surface area contributed by atoms with Crippen molar-refractivity contribution in [1.29, 1.82) is 0 Å². The molecule has 6 nitrogen and oxygen atoms in total. The van der Waals surface area contributed by atoms with Crippen molar-refractivity contribution < 1.29 is 4.79 Å². The van der Waals surface area contributed by atoms with Gasteiger partial charge in [0.1, 0.15) is 0 Å². The van der Waals surface area contributed by atoms with Gasteiger partial charge in [-0.25, -0.2) is 4.99 Å². The lowest BCUT2D eigenvalue weighted by Gasteiger charge is -2.12. The zero-order valence-corrected chi connectivity index (χ0v) is 20.6. The quantitative estimate of drug-likeness (QED) is 0.252. The highest BCUT2D eigenvalue weighted by Crippen LogP contribution is 2.08. The normalized spacial score (nSPS) is 11.1. The fourth-order valence-electron chi connectivity index (χ4n) is 2.58. The molecule has 0 aliphatic heterocycles. The Bertz CT molecular complexity index is 749. The van der Waals surface area contributed by atoms with Crippen molar-refractivity contribution in [2.45, 2.75) is 19.9 Å². The molecule has 2 aromatic rings. The topological polar surface area (TPSA) is 68.8 Å². The van der Waals surface area contributed by atoms with Crippen LogP contribution < -0.4 is 16.0 Å². The highest BCUT2D eigenvalue weighted by atomic mass is 127. The molecule has 2 rings (SSSR count). The van der Waals surface area contributed by atoms with Crippen molar-refractivity contribution in [3.05, 3.63) is 57.8 Å². The molecule has 0 aliphatic rings. The second-order valence-corrected chi connectivity index (χ2v) is 7.74. The lowest BCUT2D eigenvalue weighted by atomic mass is 10.1. The van der Waals surface area contributed by atoms with Gasteiger partial charge in [-0.2, -0.15) is 0 Å². The summed E-state index contributed by atoms with van der Waals surface area (Å²) in [5.74, 6) is 0.744. The van der Waals surface area contributed by atoms with E-state index in [0.29, 0.717) is 18.7 Å². The summed E-state index contributed by atoms with van der Waals surface area (Å²) in [7, 11) is 3.97. The average Bonchev–Trinajstić information content (AvgIpc) is 3.19. The minimum atomic E-state index is -0.0475. The molecular formula is C21H32IN5OS. The van der Waals surface area contributed by atoms with Crippen LogP contribution in [0.5, 0.6) is 0 Å². The number of likely N-dealkylation sites (N-methyl/N-ethyl adjacent to an activating group) is 1. The van der Waals surface area contributed by atoms with Crippen molar-refractivity contribution in [3.8, 4) is 0 Å². The van der Waals surface area contributed by atoms with Gasteiger partial charge in [-0.3, -0.25) is 4.79 Å². The smallest absolute Gasteiger partial charge is 0.251 e. The molecule has 29 heavy (non-hydrogen) atoms. The molecule has 0 aliphatic carbocycles. The molecule has 0 atom stereocenters. The third-order valence-corrected chi connectivity index (χ3v) is 4.98. The standard InChI is InChI=1S/C21H31N5OS.HI/c1-4-22-21(24-11-10-19-9-6-14-28-19)25-16-17-7-5-8-18(15-17)20(27)23-12-13-26(2)3;/h5-9,14-15H,4,10-13,16H2,1-3H3,(H,23,27)(H2,22,24,25);1H. The number of rotatable bonds is 10. The van der Waals surface area contributed by atoms with Crippen LogP contribution in [0.15, 0.2) is 46.8 Å². The lowest BCUT2D eigenvalue weighted by Crippen LogP contribution is -2.38. The second-order valence-electron chi connectivity index (χ2n) is 6.71. The third kappa shape index (κ3) is 10.1. The van der Waals surface area contributed by atoms with E-state index in [-0.39, 0.29) is 29.9 Å². The highest BCUT2D eigenvalue weighted by Gasteiger charge is 2.06. The Morgan fingerprint density at radius 3 is 2.62 bits per heavy atom. The van der Waals surface area contributed by atoms with Crippen LogP contribution in [-0.2, 0) is 13.0 Å². The Morgan fingerprint density at radius 2 is 1.93 bits per heavy atom. The summed E-state index contributed by atoms with van der Waals surface area (Å²) in [6, 6.07) is 11.9. The maximum Gasteiger partial charge on any atom is 0.251 e. The number of carbonyl (C=O) groups is 1. The van der Waals surface area contributed by atoms with Gasteiger partial charge in [0.25, 0.3) is 5.91 Å². The summed E-state index contributed by atoms with van der Waals surface area (Å²) in [6.07, 6.45) is 0.977. The molecule has 1 heterocycles. The van der Waals surface area contributed by atoms with E-state index in [0.717, 1.165) is 37.6 Å². The van der Waals surface area contributed by atoms with Crippen molar-refractivity contribution in [2.24, 2.45) is 4.99 Å². The van der Waals surface area contributed by atoms with E-state index in [1.165, 1.54) is 4.88 Å². The zero-order chi connectivity index (χ0) is 20.2. The van der Waals surface area contributed by atoms with Gasteiger partial charge >= 0.3 is 0 Å². The Hall–Kier alpha value is -1.65. The molecule has 0 unspecified atom stereocenters. The summed E-state index contributed by atoms with van der Waals surface area (Å²) >= 11 is 1.77. The van der Waals surface area contributed by atoms with Crippen LogP contribution in [0.25, 0.3) is 0 Å². The number of hydrogen-bond donors (Lipinski definition) is 3. The van der Waals surface area contributed by atoms with Crippen LogP contribution in [0, 0.1) is 0 Å². The number of halogens is 1. The maximum absolute atomic E-state index is 12.3. The molecule has 0 fully saturated rings. The van der Waals surface area contributed by atoms with Crippen LogP contribution in [0.2, 0.25) is 0 Å². The molecule has 8 heteroatoms. The molecule has 3 N–H and O–H groups in total. The number of guanidine groups is 1. The number of benzene rings is 1. The fourth-order valence-corrected chi connectivity index (χ4v) is 3.29. The molecule has 0 saturated carbocycles. The summed E-state index contributed by atoms with van der Waals surface area (Å²) < 4.78 is 0. The van der Waals surface area contributed by atoms with E-state index in [1.54, 1.807) is 11.3 Å². The molecule has 160 valence electrons. The minimum Gasteiger partial charge on any atom is -0.357 e. The lowest BCUT2D eigenvalue weighted by molar-refractivity contribution is 0.0951. The molecule has 1 aromatic carbocycles. The number of amides is 1. The largest absolute Gasteiger partial charge is 0.357 e. The van der Waals surface area contributed by atoms with Gasteiger partial charge in [0.2, 0.25) is 0 Å². The molecule has 0 radical (unpaired) electrons. The first kappa shape index (κ1) is 25.4. The zero-order valence-electron chi connectivity index (χ0n) is 17.4. The number of thiophene rings is 1. The first-order valence-corrected chi connectivity index (χ1v) is 10.5. The van der Waals surface area contributed by atoms with Crippen molar-refractivity contribution in [2.75, 3.05) is 40.3 Å². The Balaban J connectivity index is 0.00000420. The Labute approximate surface area is 195 Å². The van der Waals surface area contributed by atoms with Gasteiger partial charge in [-0.1, -0.05) is 18.2 Å². The van der Waals surface area contributed by atoms with Gasteiger partial charge < -0.3 is 20.9 Å². The Kier molecular flexibility index (Phi) is 12.6. The van der Waals surface area contributed by atoms with Crippen LogP contribution in [-0.4, -0.2) is 57.0 Å². The van der Waals surface area contributed by atoms with Crippen LogP contribution in [0.4, 0.5) is 0 Å². The number of carbonyl (C=O) groups excluding carboxylic acids is 1. The number of aliphatic imine (C=N–C) groups is 1. The van der Waals surface area contributed by atoms with Gasteiger partial charge in [0, 0.05) is 36.6 Å². The van der Waals surface area contributed by atoms with E-state index >= 15 is 0 Å². The summed E-state index contributed by atoms with van der Waals surface area (Å²) in [5.41, 5.74) is 1.68. The van der Waals surface area contributed by atoms with Crippen molar-refractivity contribution >= 4 is 47.2 Å². The van der Waals surface area contributed by atoms with Gasteiger partial charge in [0.05, 0.1) is 6.54 Å². The molecule has 1 aromatic heterocycles. The van der Waals surface area contributed by atoms with Crippen LogP contribution in [0.1, 0.15) is 27.7 Å². The van der Waals surface area contributed by atoms with E-state index in [9.17, 15) is 4.79 Å². The molecule has 0 bridgehead atoms. The fraction of sp³-hybridized carbons (Fsp3) is 0.429. The molecule has 0 spiro atoms. The van der Waals surface area contributed by atoms with Crippen molar-refractivity contribution in [1.82, 2.24) is 20.9 Å². The maximum atomic E-state index is 12.3. The Morgan fingerprint density at radius 1 is 1.10 bits per heavy atom. The molecule has 0 saturated heterocycles. The minimum absolute atomic E-state index is 0. The van der Waals surface area contributed by atoms with E-state index in [4.69, 9.17) is 0 Å². The summed E-state index contributed by atoms with van der Waals surface area (Å²) in [5, 5.41) is 11.7. The van der Waals surface area contributed by atoms with Gasteiger partial charge in [0.15, 0.2) is 5.96 Å². The SMILES string of the molecule is CCNC(=NCc1cccc(C(=O)NCCN(C)C)c1)NCCc1cccs1.I. The average molecular weight is 529 g/mol. The van der Waals surface area contributed by atoms with Crippen LogP contribution in [0.3, 0.4) is 0 Å². The number of hydrogen-bond acceptors (Lipinski definition) is 4.